The van der Waals surface area contributed by atoms with Crippen LogP contribution < -0.4 is 5.32 Å². The molecule has 30 heavy (non-hydrogen) atoms. The van der Waals surface area contributed by atoms with Gasteiger partial charge in [-0.3, -0.25) is 14.6 Å². The number of hydrogen-bond acceptors (Lipinski definition) is 5. The molecule has 1 saturated heterocycles. The Morgan fingerprint density at radius 1 is 0.967 bits per heavy atom. The largest absolute Gasteiger partial charge is 0.467 e. The van der Waals surface area contributed by atoms with Crippen LogP contribution in [-0.4, -0.2) is 67.6 Å². The van der Waals surface area contributed by atoms with Crippen molar-refractivity contribution in [2.24, 2.45) is 0 Å². The molecule has 3 rings (SSSR count). The molecule has 0 bridgehead atoms. The van der Waals surface area contributed by atoms with Crippen LogP contribution in [0.1, 0.15) is 16.7 Å². The Bertz CT molecular complexity index is 833. The molecule has 0 spiro atoms. The molecule has 2 aromatic carbocycles. The van der Waals surface area contributed by atoms with Gasteiger partial charge in [-0.2, -0.15) is 0 Å². The molecule has 0 aliphatic carbocycles. The third-order valence-electron chi connectivity index (χ3n) is 5.42. The second-order valence-electron chi connectivity index (χ2n) is 7.87. The van der Waals surface area contributed by atoms with Crippen LogP contribution in [0.2, 0.25) is 0 Å². The van der Waals surface area contributed by atoms with E-state index < -0.39 is 12.0 Å². The summed E-state index contributed by atoms with van der Waals surface area (Å²) in [6.45, 7) is 6.85. The van der Waals surface area contributed by atoms with Crippen LogP contribution in [0.5, 0.6) is 0 Å². The van der Waals surface area contributed by atoms with Crippen molar-refractivity contribution in [3.63, 3.8) is 0 Å². The molecule has 0 unspecified atom stereocenters. The average Bonchev–Trinajstić information content (AvgIpc) is 2.75. The van der Waals surface area contributed by atoms with Gasteiger partial charge < -0.3 is 10.1 Å². The van der Waals surface area contributed by atoms with Crippen molar-refractivity contribution < 1.29 is 14.3 Å². The highest BCUT2D eigenvalue weighted by Gasteiger charge is 2.24. The summed E-state index contributed by atoms with van der Waals surface area (Å²) in [4.78, 5) is 29.2. The highest BCUT2D eigenvalue weighted by molar-refractivity contribution is 5.85. The maximum absolute atomic E-state index is 12.6. The molecule has 1 aliphatic heterocycles. The first-order valence-corrected chi connectivity index (χ1v) is 10.4. The molecule has 1 fully saturated rings. The lowest BCUT2D eigenvalue weighted by atomic mass is 10.1. The molecule has 0 saturated carbocycles. The summed E-state index contributed by atoms with van der Waals surface area (Å²) in [6, 6.07) is 17.6. The Kier molecular flexibility index (Phi) is 7.99. The number of esters is 1. The van der Waals surface area contributed by atoms with Crippen molar-refractivity contribution in [1.82, 2.24) is 15.1 Å². The third kappa shape index (κ3) is 6.68. The first kappa shape index (κ1) is 22.0. The molecule has 1 amide bonds. The number of carbonyl (C=O) groups is 2. The van der Waals surface area contributed by atoms with Gasteiger partial charge in [0, 0.05) is 39.1 Å². The van der Waals surface area contributed by atoms with Crippen LogP contribution in [0.3, 0.4) is 0 Å². The smallest absolute Gasteiger partial charge is 0.328 e. The van der Waals surface area contributed by atoms with E-state index >= 15 is 0 Å². The number of amides is 1. The van der Waals surface area contributed by atoms with E-state index in [4.69, 9.17) is 4.74 Å². The molecule has 6 heteroatoms. The van der Waals surface area contributed by atoms with E-state index in [1.165, 1.54) is 18.2 Å². The molecule has 6 nitrogen and oxygen atoms in total. The zero-order valence-electron chi connectivity index (χ0n) is 17.8. The van der Waals surface area contributed by atoms with Gasteiger partial charge in [-0.1, -0.05) is 60.2 Å². The van der Waals surface area contributed by atoms with Crippen LogP contribution in [0, 0.1) is 6.92 Å². The summed E-state index contributed by atoms with van der Waals surface area (Å²) < 4.78 is 4.88. The van der Waals surface area contributed by atoms with Gasteiger partial charge in [0.15, 0.2) is 0 Å². The molecule has 1 N–H and O–H groups in total. The molecule has 0 aromatic heterocycles. The number of carbonyl (C=O) groups excluding carboxylic acids is 2. The fraction of sp³-hybridized carbons (Fsp3) is 0.417. The lowest BCUT2D eigenvalue weighted by Crippen LogP contribution is -2.51. The van der Waals surface area contributed by atoms with E-state index in [1.807, 2.05) is 30.3 Å². The predicted octanol–water partition coefficient (Wildman–Crippen LogP) is 2.01. The van der Waals surface area contributed by atoms with Crippen molar-refractivity contribution in [3.8, 4) is 0 Å². The number of nitrogens with zero attached hydrogens (tertiary/aromatic N) is 2. The molecule has 0 radical (unpaired) electrons. The zero-order chi connectivity index (χ0) is 21.3. The van der Waals surface area contributed by atoms with Gasteiger partial charge in [0.25, 0.3) is 0 Å². The second-order valence-corrected chi connectivity index (χ2v) is 7.87. The standard InChI is InChI=1S/C24H31N3O3/c1-19-7-6-10-21(15-19)17-26-11-13-27(14-12-26)18-23(28)25-22(24(29)30-2)16-20-8-4-3-5-9-20/h3-10,15,22H,11-14,16-18H2,1-2H3,(H,25,28)/t22-/m1/s1. The van der Waals surface area contributed by atoms with E-state index in [2.05, 4.69) is 46.3 Å². The average molecular weight is 410 g/mol. The van der Waals surface area contributed by atoms with Crippen molar-refractivity contribution in [2.75, 3.05) is 39.8 Å². The van der Waals surface area contributed by atoms with Crippen molar-refractivity contribution >= 4 is 11.9 Å². The Labute approximate surface area is 178 Å². The predicted molar refractivity (Wildman–Crippen MR) is 117 cm³/mol. The number of nitrogens with one attached hydrogen (secondary N) is 1. The van der Waals surface area contributed by atoms with Gasteiger partial charge in [0.1, 0.15) is 6.04 Å². The minimum Gasteiger partial charge on any atom is -0.467 e. The molecular weight excluding hydrogens is 378 g/mol. The van der Waals surface area contributed by atoms with E-state index in [1.54, 1.807) is 0 Å². The lowest BCUT2D eigenvalue weighted by Gasteiger charge is -2.34. The number of methoxy groups -OCH3 is 1. The zero-order valence-corrected chi connectivity index (χ0v) is 17.8. The quantitative estimate of drug-likeness (QED) is 0.676. The second kappa shape index (κ2) is 10.9. The Morgan fingerprint density at radius 3 is 2.30 bits per heavy atom. The van der Waals surface area contributed by atoms with Gasteiger partial charge in [-0.05, 0) is 18.1 Å². The molecule has 1 atom stereocenters. The normalized spacial score (nSPS) is 16.1. The van der Waals surface area contributed by atoms with Crippen molar-refractivity contribution in [3.05, 3.63) is 71.3 Å². The van der Waals surface area contributed by atoms with E-state index in [-0.39, 0.29) is 5.91 Å². The maximum Gasteiger partial charge on any atom is 0.328 e. The van der Waals surface area contributed by atoms with Gasteiger partial charge in [0.05, 0.1) is 13.7 Å². The molecule has 1 aliphatic rings. The van der Waals surface area contributed by atoms with Gasteiger partial charge in [-0.15, -0.1) is 0 Å². The highest BCUT2D eigenvalue weighted by Crippen LogP contribution is 2.10. The molecular formula is C24H31N3O3. The van der Waals surface area contributed by atoms with Crippen LogP contribution in [-0.2, 0) is 27.3 Å². The number of hydrogen-bond donors (Lipinski definition) is 1. The molecule has 2 aromatic rings. The van der Waals surface area contributed by atoms with Crippen molar-refractivity contribution in [1.29, 1.82) is 0 Å². The van der Waals surface area contributed by atoms with Crippen LogP contribution in [0.15, 0.2) is 54.6 Å². The van der Waals surface area contributed by atoms with E-state index in [0.717, 1.165) is 38.3 Å². The Morgan fingerprint density at radius 2 is 1.63 bits per heavy atom. The minimum absolute atomic E-state index is 0.145. The summed E-state index contributed by atoms with van der Waals surface area (Å²) in [7, 11) is 1.35. The number of benzene rings is 2. The first-order chi connectivity index (χ1) is 14.5. The Hall–Kier alpha value is -2.70. The highest BCUT2D eigenvalue weighted by atomic mass is 16.5. The summed E-state index contributed by atoms with van der Waals surface area (Å²) >= 11 is 0. The summed E-state index contributed by atoms with van der Waals surface area (Å²) in [6.07, 6.45) is 0.420. The van der Waals surface area contributed by atoms with E-state index in [9.17, 15) is 9.59 Å². The van der Waals surface area contributed by atoms with Crippen LogP contribution in [0.25, 0.3) is 0 Å². The summed E-state index contributed by atoms with van der Waals surface area (Å²) in [5, 5.41) is 2.85. The van der Waals surface area contributed by atoms with E-state index in [0.29, 0.717) is 13.0 Å². The number of aryl methyl sites for hydroxylation is 1. The summed E-state index contributed by atoms with van der Waals surface area (Å²) in [5.41, 5.74) is 3.58. The van der Waals surface area contributed by atoms with Gasteiger partial charge >= 0.3 is 5.97 Å². The monoisotopic (exact) mass is 409 g/mol. The summed E-state index contributed by atoms with van der Waals surface area (Å²) in [5.74, 6) is -0.566. The lowest BCUT2D eigenvalue weighted by molar-refractivity contribution is -0.145. The topological polar surface area (TPSA) is 61.9 Å². The van der Waals surface area contributed by atoms with Crippen LogP contribution in [0.4, 0.5) is 0 Å². The fourth-order valence-corrected chi connectivity index (χ4v) is 3.80. The minimum atomic E-state index is -0.674. The van der Waals surface area contributed by atoms with Gasteiger partial charge in [0.2, 0.25) is 5.91 Å². The first-order valence-electron chi connectivity index (χ1n) is 10.4. The molecule has 1 heterocycles. The maximum atomic E-state index is 12.6. The Balaban J connectivity index is 1.46. The number of piperazine rings is 1. The number of rotatable bonds is 8. The van der Waals surface area contributed by atoms with Crippen LogP contribution >= 0.6 is 0 Å². The molecule has 160 valence electrons. The fourth-order valence-electron chi connectivity index (χ4n) is 3.80. The van der Waals surface area contributed by atoms with Gasteiger partial charge in [-0.25, -0.2) is 4.79 Å². The van der Waals surface area contributed by atoms with Crippen molar-refractivity contribution in [2.45, 2.75) is 25.9 Å². The SMILES string of the molecule is COC(=O)[C@@H](Cc1ccccc1)NC(=O)CN1CCN(Cc2cccc(C)c2)CC1. The number of ether oxygens (including phenoxy) is 1. The third-order valence-corrected chi connectivity index (χ3v) is 5.42.